The highest BCUT2D eigenvalue weighted by Gasteiger charge is 2.09. The largest absolute Gasteiger partial charge is 0.376 e. The van der Waals surface area contributed by atoms with Crippen LogP contribution in [0.1, 0.15) is 16.1 Å². The van der Waals surface area contributed by atoms with Crippen LogP contribution < -0.4 is 0 Å². The lowest BCUT2D eigenvalue weighted by atomic mass is 10.1. The third kappa shape index (κ3) is 3.25. The molecule has 0 bridgehead atoms. The Bertz CT molecular complexity index is 577. The molecule has 0 aromatic carbocycles. The molecule has 0 saturated carbocycles. The predicted octanol–water partition coefficient (Wildman–Crippen LogP) is 2.26. The molecule has 4 nitrogen and oxygen atoms in total. The minimum atomic E-state index is -0.0811. The highest BCUT2D eigenvalue weighted by Crippen LogP contribution is 2.15. The molecule has 0 N–H and O–H groups in total. The maximum atomic E-state index is 12.2. The topological polar surface area (TPSA) is 46.1 Å². The van der Waals surface area contributed by atoms with Crippen molar-refractivity contribution in [3.63, 3.8) is 0 Å². The van der Waals surface area contributed by atoms with Crippen molar-refractivity contribution in [1.82, 2.24) is 14.9 Å². The van der Waals surface area contributed by atoms with E-state index in [1.54, 1.807) is 36.8 Å². The lowest BCUT2D eigenvalue weighted by molar-refractivity contribution is 0.104. The summed E-state index contributed by atoms with van der Waals surface area (Å²) in [5.41, 5.74) is 2.11. The number of aromatic nitrogens is 2. The first-order chi connectivity index (χ1) is 9.18. The van der Waals surface area contributed by atoms with E-state index in [1.165, 1.54) is 0 Å². The summed E-state index contributed by atoms with van der Waals surface area (Å²) in [6.45, 7) is 0. The Morgan fingerprint density at radius 2 is 2.00 bits per heavy atom. The molecule has 19 heavy (non-hydrogen) atoms. The summed E-state index contributed by atoms with van der Waals surface area (Å²) >= 11 is 0. The van der Waals surface area contributed by atoms with Crippen molar-refractivity contribution in [1.29, 1.82) is 0 Å². The van der Waals surface area contributed by atoms with Crippen LogP contribution in [0.25, 0.3) is 5.70 Å². The maximum Gasteiger partial charge on any atom is 0.189 e. The van der Waals surface area contributed by atoms with Gasteiger partial charge in [0.05, 0.1) is 11.4 Å². The van der Waals surface area contributed by atoms with Crippen LogP contribution in [0.3, 0.4) is 0 Å². The second kappa shape index (κ2) is 5.91. The number of hydrogen-bond donors (Lipinski definition) is 0. The van der Waals surface area contributed by atoms with E-state index in [4.69, 9.17) is 0 Å². The third-order valence-corrected chi connectivity index (χ3v) is 2.62. The fraction of sp³-hybridized carbons (Fsp3) is 0.133. The van der Waals surface area contributed by atoms with Crippen molar-refractivity contribution < 1.29 is 4.79 Å². The van der Waals surface area contributed by atoms with Crippen molar-refractivity contribution >= 4 is 11.5 Å². The fourth-order valence-corrected chi connectivity index (χ4v) is 1.66. The van der Waals surface area contributed by atoms with Gasteiger partial charge in [0.25, 0.3) is 0 Å². The lowest BCUT2D eigenvalue weighted by Crippen LogP contribution is -2.13. The van der Waals surface area contributed by atoms with Gasteiger partial charge in [-0.2, -0.15) is 0 Å². The maximum absolute atomic E-state index is 12.2. The van der Waals surface area contributed by atoms with Crippen LogP contribution in [-0.4, -0.2) is 34.7 Å². The minimum absolute atomic E-state index is 0.0811. The molecule has 0 fully saturated rings. The predicted molar refractivity (Wildman–Crippen MR) is 74.5 cm³/mol. The van der Waals surface area contributed by atoms with Gasteiger partial charge in [0.2, 0.25) is 0 Å². The Hall–Kier alpha value is -2.49. The van der Waals surface area contributed by atoms with Crippen LogP contribution in [0, 0.1) is 0 Å². The molecular formula is C15H15N3O. The normalized spacial score (nSPS) is 11.2. The van der Waals surface area contributed by atoms with E-state index in [-0.39, 0.29) is 5.78 Å². The van der Waals surface area contributed by atoms with E-state index in [9.17, 15) is 4.79 Å². The van der Waals surface area contributed by atoms with E-state index in [0.29, 0.717) is 5.56 Å². The second-order valence-corrected chi connectivity index (χ2v) is 4.24. The molecular weight excluding hydrogens is 238 g/mol. The lowest BCUT2D eigenvalue weighted by Gasteiger charge is -2.16. The van der Waals surface area contributed by atoms with Gasteiger partial charge < -0.3 is 4.90 Å². The first-order valence-corrected chi connectivity index (χ1v) is 5.93. The molecule has 0 aliphatic rings. The zero-order valence-electron chi connectivity index (χ0n) is 10.9. The number of hydrogen-bond acceptors (Lipinski definition) is 4. The fourth-order valence-electron chi connectivity index (χ4n) is 1.66. The van der Waals surface area contributed by atoms with Gasteiger partial charge >= 0.3 is 0 Å². The Labute approximate surface area is 112 Å². The van der Waals surface area contributed by atoms with Gasteiger partial charge in [-0.15, -0.1) is 0 Å². The summed E-state index contributed by atoms with van der Waals surface area (Å²) in [5.74, 6) is -0.0811. The zero-order valence-corrected chi connectivity index (χ0v) is 10.9. The number of pyridine rings is 2. The molecule has 0 atom stereocenters. The molecule has 0 aliphatic carbocycles. The molecule has 2 rings (SSSR count). The van der Waals surface area contributed by atoms with E-state index < -0.39 is 0 Å². The van der Waals surface area contributed by atoms with Crippen LogP contribution in [0.2, 0.25) is 0 Å². The molecule has 2 heterocycles. The molecule has 4 heteroatoms. The SMILES string of the molecule is CN(C)C(=CC(=O)c1cccnc1)c1ccccn1. The highest BCUT2D eigenvalue weighted by molar-refractivity contribution is 6.07. The van der Waals surface area contributed by atoms with Gasteiger partial charge in [-0.05, 0) is 24.3 Å². The zero-order chi connectivity index (χ0) is 13.7. The number of rotatable bonds is 4. The van der Waals surface area contributed by atoms with Crippen molar-refractivity contribution in [2.75, 3.05) is 14.1 Å². The van der Waals surface area contributed by atoms with Gasteiger partial charge in [0.15, 0.2) is 5.78 Å². The first kappa shape index (κ1) is 13.0. The molecule has 0 amide bonds. The highest BCUT2D eigenvalue weighted by atomic mass is 16.1. The number of carbonyl (C=O) groups excluding carboxylic acids is 1. The summed E-state index contributed by atoms with van der Waals surface area (Å²) in [5, 5.41) is 0. The standard InChI is InChI=1S/C15H15N3O/c1-18(2)14(13-7-3-4-9-17-13)10-15(19)12-6-5-8-16-11-12/h3-11H,1-2H3. The van der Waals surface area contributed by atoms with Crippen LogP contribution in [0.4, 0.5) is 0 Å². The van der Waals surface area contributed by atoms with Gasteiger partial charge in [0, 0.05) is 44.3 Å². The van der Waals surface area contributed by atoms with Gasteiger partial charge in [0.1, 0.15) is 0 Å². The van der Waals surface area contributed by atoms with Crippen molar-refractivity contribution in [3.05, 3.63) is 66.3 Å². The molecule has 2 aromatic rings. The molecule has 0 spiro atoms. The van der Waals surface area contributed by atoms with Crippen molar-refractivity contribution in [2.24, 2.45) is 0 Å². The van der Waals surface area contributed by atoms with Crippen LogP contribution in [0.5, 0.6) is 0 Å². The number of ketones is 1. The van der Waals surface area contributed by atoms with Gasteiger partial charge in [-0.25, -0.2) is 0 Å². The molecule has 0 aliphatic heterocycles. The van der Waals surface area contributed by atoms with Crippen molar-refractivity contribution in [2.45, 2.75) is 0 Å². The minimum Gasteiger partial charge on any atom is -0.376 e. The number of carbonyl (C=O) groups is 1. The summed E-state index contributed by atoms with van der Waals surface area (Å²) in [4.78, 5) is 22.3. The van der Waals surface area contributed by atoms with Gasteiger partial charge in [-0.3, -0.25) is 14.8 Å². The first-order valence-electron chi connectivity index (χ1n) is 5.93. The molecule has 2 aromatic heterocycles. The average molecular weight is 253 g/mol. The van der Waals surface area contributed by atoms with Crippen LogP contribution in [0.15, 0.2) is 55.0 Å². The molecule has 0 radical (unpaired) electrons. The summed E-state index contributed by atoms with van der Waals surface area (Å²) in [6.07, 6.45) is 6.50. The Balaban J connectivity index is 2.35. The Kier molecular flexibility index (Phi) is 4.03. The Morgan fingerprint density at radius 1 is 1.16 bits per heavy atom. The van der Waals surface area contributed by atoms with Crippen LogP contribution in [-0.2, 0) is 0 Å². The summed E-state index contributed by atoms with van der Waals surface area (Å²) in [6, 6.07) is 9.12. The molecule has 96 valence electrons. The second-order valence-electron chi connectivity index (χ2n) is 4.24. The molecule has 0 unspecified atom stereocenters. The monoisotopic (exact) mass is 253 g/mol. The van der Waals surface area contributed by atoms with E-state index >= 15 is 0 Å². The van der Waals surface area contributed by atoms with Crippen LogP contribution >= 0.6 is 0 Å². The van der Waals surface area contributed by atoms with E-state index in [1.807, 2.05) is 37.2 Å². The van der Waals surface area contributed by atoms with E-state index in [2.05, 4.69) is 9.97 Å². The molecule has 0 saturated heterocycles. The van der Waals surface area contributed by atoms with Gasteiger partial charge in [-0.1, -0.05) is 6.07 Å². The average Bonchev–Trinajstić information content (AvgIpc) is 2.46. The number of allylic oxidation sites excluding steroid dienone is 1. The quantitative estimate of drug-likeness (QED) is 0.619. The smallest absolute Gasteiger partial charge is 0.189 e. The summed E-state index contributed by atoms with van der Waals surface area (Å²) in [7, 11) is 3.77. The number of nitrogens with zero attached hydrogens (tertiary/aromatic N) is 3. The van der Waals surface area contributed by atoms with E-state index in [0.717, 1.165) is 11.4 Å². The summed E-state index contributed by atoms with van der Waals surface area (Å²) < 4.78 is 0. The third-order valence-electron chi connectivity index (χ3n) is 2.62. The van der Waals surface area contributed by atoms with Crippen molar-refractivity contribution in [3.8, 4) is 0 Å². The Morgan fingerprint density at radius 3 is 2.58 bits per heavy atom.